The van der Waals surface area contributed by atoms with Crippen LogP contribution in [-0.2, 0) is 0 Å². The molecule has 14 heavy (non-hydrogen) atoms. The minimum atomic E-state index is 1.09. The minimum absolute atomic E-state index is 1.09. The molecule has 0 fully saturated rings. The SMILES string of the molecule is Cc1cc(C)c(C2=CC=CC2)c(C)c1. The van der Waals surface area contributed by atoms with Crippen LogP contribution in [0.25, 0.3) is 5.57 Å². The van der Waals surface area contributed by atoms with Crippen molar-refractivity contribution in [3.63, 3.8) is 0 Å². The lowest BCUT2D eigenvalue weighted by Crippen LogP contribution is -1.93. The Labute approximate surface area is 86.0 Å². The van der Waals surface area contributed by atoms with Gasteiger partial charge in [0.2, 0.25) is 0 Å². The maximum absolute atomic E-state index is 2.27. The largest absolute Gasteiger partial charge is 0.0801 e. The monoisotopic (exact) mass is 184 g/mol. The van der Waals surface area contributed by atoms with Gasteiger partial charge < -0.3 is 0 Å². The topological polar surface area (TPSA) is 0 Å². The van der Waals surface area contributed by atoms with Gasteiger partial charge in [-0.25, -0.2) is 0 Å². The molecule has 1 aromatic rings. The Balaban J connectivity index is 2.53. The Bertz CT molecular complexity index is 397. The van der Waals surface area contributed by atoms with Crippen LogP contribution in [0.3, 0.4) is 0 Å². The van der Waals surface area contributed by atoms with Crippen molar-refractivity contribution in [2.24, 2.45) is 0 Å². The third-order valence-electron chi connectivity index (χ3n) is 2.77. The van der Waals surface area contributed by atoms with Gasteiger partial charge in [0.25, 0.3) is 0 Å². The summed E-state index contributed by atoms with van der Waals surface area (Å²) in [6.07, 6.45) is 7.68. The first-order chi connectivity index (χ1) is 6.68. The zero-order valence-corrected chi connectivity index (χ0v) is 9.09. The van der Waals surface area contributed by atoms with Crippen LogP contribution >= 0.6 is 0 Å². The van der Waals surface area contributed by atoms with E-state index in [1.807, 2.05) is 0 Å². The lowest BCUT2D eigenvalue weighted by molar-refractivity contribution is 1.26. The maximum atomic E-state index is 2.27. The molecule has 0 atom stereocenters. The van der Waals surface area contributed by atoms with E-state index in [4.69, 9.17) is 0 Å². The van der Waals surface area contributed by atoms with Crippen LogP contribution in [0.1, 0.15) is 28.7 Å². The summed E-state index contributed by atoms with van der Waals surface area (Å²) in [6.45, 7) is 6.56. The average Bonchev–Trinajstić information content (AvgIpc) is 2.54. The number of benzene rings is 1. The van der Waals surface area contributed by atoms with Gasteiger partial charge in [-0.15, -0.1) is 0 Å². The van der Waals surface area contributed by atoms with Gasteiger partial charge >= 0.3 is 0 Å². The molecule has 0 radical (unpaired) electrons. The molecule has 0 saturated carbocycles. The molecule has 0 aliphatic heterocycles. The van der Waals surface area contributed by atoms with Crippen molar-refractivity contribution in [1.82, 2.24) is 0 Å². The van der Waals surface area contributed by atoms with E-state index in [0.717, 1.165) is 6.42 Å². The summed E-state index contributed by atoms with van der Waals surface area (Å²) in [5.74, 6) is 0. The smallest absolute Gasteiger partial charge is 0.00882 e. The van der Waals surface area contributed by atoms with Crippen LogP contribution in [0.15, 0.2) is 30.4 Å². The summed E-state index contributed by atoms with van der Waals surface area (Å²) in [7, 11) is 0. The second-order valence-corrected chi connectivity index (χ2v) is 4.10. The fourth-order valence-electron chi connectivity index (χ4n) is 2.32. The molecule has 1 aliphatic carbocycles. The van der Waals surface area contributed by atoms with Gasteiger partial charge in [-0.05, 0) is 49.5 Å². The zero-order valence-electron chi connectivity index (χ0n) is 9.09. The fourth-order valence-corrected chi connectivity index (χ4v) is 2.32. The molecule has 0 heteroatoms. The van der Waals surface area contributed by atoms with Crippen molar-refractivity contribution in [3.05, 3.63) is 52.6 Å². The van der Waals surface area contributed by atoms with E-state index in [2.05, 4.69) is 51.1 Å². The van der Waals surface area contributed by atoms with Gasteiger partial charge in [0.1, 0.15) is 0 Å². The normalized spacial score (nSPS) is 14.6. The molecule has 0 N–H and O–H groups in total. The second-order valence-electron chi connectivity index (χ2n) is 4.10. The number of aryl methyl sites for hydroxylation is 3. The molecule has 72 valence electrons. The third-order valence-corrected chi connectivity index (χ3v) is 2.77. The lowest BCUT2D eigenvalue weighted by Gasteiger charge is -2.12. The molecule has 0 saturated heterocycles. The zero-order chi connectivity index (χ0) is 10.1. The molecule has 1 aromatic carbocycles. The Morgan fingerprint density at radius 2 is 1.64 bits per heavy atom. The van der Waals surface area contributed by atoms with Gasteiger partial charge in [-0.3, -0.25) is 0 Å². The maximum Gasteiger partial charge on any atom is -0.00882 e. The van der Waals surface area contributed by atoms with E-state index in [-0.39, 0.29) is 0 Å². The van der Waals surface area contributed by atoms with Gasteiger partial charge in [0.15, 0.2) is 0 Å². The van der Waals surface area contributed by atoms with Crippen LogP contribution in [-0.4, -0.2) is 0 Å². The summed E-state index contributed by atoms with van der Waals surface area (Å²) >= 11 is 0. The Kier molecular flexibility index (Phi) is 2.28. The van der Waals surface area contributed by atoms with Crippen LogP contribution in [0.4, 0.5) is 0 Å². The highest BCUT2D eigenvalue weighted by Gasteiger charge is 2.09. The summed E-state index contributed by atoms with van der Waals surface area (Å²) in [4.78, 5) is 0. The Morgan fingerprint density at radius 3 is 2.14 bits per heavy atom. The molecular weight excluding hydrogens is 168 g/mol. The Morgan fingerprint density at radius 1 is 1.00 bits per heavy atom. The van der Waals surface area contributed by atoms with Crippen LogP contribution in [0.5, 0.6) is 0 Å². The summed E-state index contributed by atoms with van der Waals surface area (Å²) in [6, 6.07) is 4.53. The van der Waals surface area contributed by atoms with Crippen molar-refractivity contribution >= 4 is 5.57 Å². The Hall–Kier alpha value is -1.30. The minimum Gasteiger partial charge on any atom is -0.0801 e. The number of allylic oxidation sites excluding steroid dienone is 4. The van der Waals surface area contributed by atoms with Crippen LogP contribution in [0.2, 0.25) is 0 Å². The number of hydrogen-bond donors (Lipinski definition) is 0. The summed E-state index contributed by atoms with van der Waals surface area (Å²) in [5, 5.41) is 0. The van der Waals surface area contributed by atoms with Crippen molar-refractivity contribution in [2.45, 2.75) is 27.2 Å². The van der Waals surface area contributed by atoms with E-state index in [1.54, 1.807) is 0 Å². The fraction of sp³-hybridized carbons (Fsp3) is 0.286. The molecule has 0 bridgehead atoms. The quantitative estimate of drug-likeness (QED) is 0.620. The molecule has 0 amide bonds. The molecule has 0 aromatic heterocycles. The van der Waals surface area contributed by atoms with E-state index in [1.165, 1.54) is 27.8 Å². The molecule has 0 heterocycles. The van der Waals surface area contributed by atoms with Crippen LogP contribution in [0, 0.1) is 20.8 Å². The van der Waals surface area contributed by atoms with Crippen molar-refractivity contribution in [1.29, 1.82) is 0 Å². The van der Waals surface area contributed by atoms with Crippen molar-refractivity contribution in [3.8, 4) is 0 Å². The molecule has 0 spiro atoms. The van der Waals surface area contributed by atoms with E-state index in [9.17, 15) is 0 Å². The summed E-state index contributed by atoms with van der Waals surface area (Å²) < 4.78 is 0. The van der Waals surface area contributed by atoms with E-state index < -0.39 is 0 Å². The van der Waals surface area contributed by atoms with E-state index >= 15 is 0 Å². The molecule has 0 nitrogen and oxygen atoms in total. The first-order valence-electron chi connectivity index (χ1n) is 5.12. The first-order valence-corrected chi connectivity index (χ1v) is 5.12. The van der Waals surface area contributed by atoms with Crippen molar-refractivity contribution < 1.29 is 0 Å². The predicted molar refractivity (Wildman–Crippen MR) is 62.4 cm³/mol. The van der Waals surface area contributed by atoms with Crippen LogP contribution < -0.4 is 0 Å². The van der Waals surface area contributed by atoms with Gasteiger partial charge in [-0.1, -0.05) is 35.9 Å². The first kappa shape index (κ1) is 9.26. The number of rotatable bonds is 1. The summed E-state index contributed by atoms with van der Waals surface area (Å²) in [5.41, 5.74) is 7.06. The standard InChI is InChI=1S/C14H16/c1-10-8-11(2)14(12(3)9-10)13-6-4-5-7-13/h4-6,8-9H,7H2,1-3H3. The average molecular weight is 184 g/mol. The third kappa shape index (κ3) is 1.52. The molecular formula is C14H16. The number of hydrogen-bond acceptors (Lipinski definition) is 0. The predicted octanol–water partition coefficient (Wildman–Crippen LogP) is 3.96. The lowest BCUT2D eigenvalue weighted by atomic mass is 9.93. The highest BCUT2D eigenvalue weighted by Crippen LogP contribution is 2.29. The van der Waals surface area contributed by atoms with E-state index in [0.29, 0.717) is 0 Å². The van der Waals surface area contributed by atoms with Crippen molar-refractivity contribution in [2.75, 3.05) is 0 Å². The van der Waals surface area contributed by atoms with Gasteiger partial charge in [-0.2, -0.15) is 0 Å². The highest BCUT2D eigenvalue weighted by molar-refractivity contribution is 5.75. The second kappa shape index (κ2) is 3.45. The molecule has 1 aliphatic rings. The van der Waals surface area contributed by atoms with Gasteiger partial charge in [0, 0.05) is 0 Å². The highest BCUT2D eigenvalue weighted by atomic mass is 14.1. The van der Waals surface area contributed by atoms with Gasteiger partial charge in [0.05, 0.1) is 0 Å². The molecule has 0 unspecified atom stereocenters. The molecule has 2 rings (SSSR count).